The maximum Gasteiger partial charge on any atom is 0.235 e. The van der Waals surface area contributed by atoms with Crippen molar-refractivity contribution in [2.45, 2.75) is 37.5 Å². The van der Waals surface area contributed by atoms with E-state index in [4.69, 9.17) is 9.97 Å². The van der Waals surface area contributed by atoms with Crippen molar-refractivity contribution < 1.29 is 4.79 Å². The van der Waals surface area contributed by atoms with Gasteiger partial charge in [-0.1, -0.05) is 18.2 Å². The molecule has 4 heterocycles. The van der Waals surface area contributed by atoms with Crippen LogP contribution in [0.2, 0.25) is 0 Å². The number of hydrogen-bond acceptors (Lipinski definition) is 5. The van der Waals surface area contributed by atoms with Crippen LogP contribution in [0.1, 0.15) is 48.4 Å². The van der Waals surface area contributed by atoms with Crippen LogP contribution in [0, 0.1) is 0 Å². The van der Waals surface area contributed by atoms with Crippen LogP contribution in [-0.4, -0.2) is 29.0 Å². The number of thiazole rings is 1. The first-order chi connectivity index (χ1) is 13.0. The molecule has 3 aromatic rings. The van der Waals surface area contributed by atoms with Crippen molar-refractivity contribution in [3.05, 3.63) is 52.7 Å². The van der Waals surface area contributed by atoms with Crippen molar-refractivity contribution in [1.29, 1.82) is 0 Å². The fourth-order valence-corrected chi connectivity index (χ4v) is 5.32. The number of piperidine rings is 1. The SMILES string of the molecule is CC1(C)C(=O)Nc2nc(C3CCNCC3c3nc4ccccc4s3)ccc21. The van der Waals surface area contributed by atoms with E-state index in [2.05, 4.69) is 41.0 Å². The molecule has 2 unspecified atom stereocenters. The highest BCUT2D eigenvalue weighted by atomic mass is 32.1. The van der Waals surface area contributed by atoms with Crippen LogP contribution in [0.5, 0.6) is 0 Å². The van der Waals surface area contributed by atoms with E-state index in [0.717, 1.165) is 42.1 Å². The van der Waals surface area contributed by atoms with Crippen LogP contribution in [0.3, 0.4) is 0 Å². The molecule has 138 valence electrons. The smallest absolute Gasteiger partial charge is 0.235 e. The molecule has 0 aliphatic carbocycles. The zero-order valence-electron chi connectivity index (χ0n) is 15.5. The standard InChI is InChI=1S/C21H22N4OS/c1-21(2)14-7-8-15(23-18(14)25-20(21)26)12-9-10-22-11-13(12)19-24-16-5-3-4-6-17(16)27-19/h3-8,12-13,22H,9-11H2,1-2H3,(H,23,25,26). The number of amides is 1. The van der Waals surface area contributed by atoms with Gasteiger partial charge in [0.15, 0.2) is 0 Å². The number of nitrogens with one attached hydrogen (secondary N) is 2. The van der Waals surface area contributed by atoms with E-state index in [0.29, 0.717) is 11.8 Å². The molecular weight excluding hydrogens is 356 g/mol. The van der Waals surface area contributed by atoms with Crippen LogP contribution >= 0.6 is 11.3 Å². The van der Waals surface area contributed by atoms with Crippen molar-refractivity contribution >= 4 is 33.3 Å². The summed E-state index contributed by atoms with van der Waals surface area (Å²) in [6.07, 6.45) is 1.02. The van der Waals surface area contributed by atoms with E-state index in [1.807, 2.05) is 19.9 Å². The summed E-state index contributed by atoms with van der Waals surface area (Å²) in [6.45, 7) is 5.78. The fourth-order valence-electron chi connectivity index (χ4n) is 4.19. The Morgan fingerprint density at radius 3 is 2.81 bits per heavy atom. The minimum Gasteiger partial charge on any atom is -0.316 e. The summed E-state index contributed by atoms with van der Waals surface area (Å²) in [5.74, 6) is 1.35. The molecule has 2 atom stereocenters. The van der Waals surface area contributed by atoms with Crippen LogP contribution in [0.4, 0.5) is 5.82 Å². The Balaban J connectivity index is 1.53. The molecule has 1 aromatic carbocycles. The molecule has 2 aliphatic heterocycles. The normalized spacial score (nSPS) is 24.0. The van der Waals surface area contributed by atoms with Crippen LogP contribution in [0.25, 0.3) is 10.2 Å². The van der Waals surface area contributed by atoms with Crippen LogP contribution in [-0.2, 0) is 10.2 Å². The molecule has 0 bridgehead atoms. The molecule has 1 amide bonds. The predicted octanol–water partition coefficient (Wildman–Crippen LogP) is 3.78. The summed E-state index contributed by atoms with van der Waals surface area (Å²) < 4.78 is 1.23. The van der Waals surface area contributed by atoms with Gasteiger partial charge in [-0.2, -0.15) is 0 Å². The Morgan fingerprint density at radius 1 is 1.11 bits per heavy atom. The molecule has 2 aliphatic rings. The van der Waals surface area contributed by atoms with Crippen molar-refractivity contribution in [2.24, 2.45) is 0 Å². The monoisotopic (exact) mass is 378 g/mol. The Labute approximate surface area is 162 Å². The number of fused-ring (bicyclic) bond motifs is 2. The van der Waals surface area contributed by atoms with Crippen LogP contribution < -0.4 is 10.6 Å². The molecule has 1 saturated heterocycles. The molecule has 6 heteroatoms. The van der Waals surface area contributed by atoms with Gasteiger partial charge in [-0.05, 0) is 45.0 Å². The fraction of sp³-hybridized carbons (Fsp3) is 0.381. The lowest BCUT2D eigenvalue weighted by Gasteiger charge is -2.30. The summed E-state index contributed by atoms with van der Waals surface area (Å²) in [5.41, 5.74) is 2.60. The van der Waals surface area contributed by atoms with Crippen molar-refractivity contribution in [1.82, 2.24) is 15.3 Å². The first-order valence-electron chi connectivity index (χ1n) is 9.43. The number of carbonyl (C=O) groups is 1. The van der Waals surface area contributed by atoms with Crippen molar-refractivity contribution in [2.75, 3.05) is 18.4 Å². The molecule has 1 fully saturated rings. The largest absolute Gasteiger partial charge is 0.316 e. The molecule has 5 rings (SSSR count). The highest BCUT2D eigenvalue weighted by molar-refractivity contribution is 7.18. The minimum atomic E-state index is -0.512. The van der Waals surface area contributed by atoms with Gasteiger partial charge in [0.1, 0.15) is 5.82 Å². The molecule has 2 aromatic heterocycles. The summed E-state index contributed by atoms with van der Waals surface area (Å²) in [4.78, 5) is 22.0. The second-order valence-electron chi connectivity index (χ2n) is 7.94. The van der Waals surface area contributed by atoms with Crippen molar-refractivity contribution in [3.63, 3.8) is 0 Å². The zero-order chi connectivity index (χ0) is 18.6. The van der Waals surface area contributed by atoms with Gasteiger partial charge in [0.25, 0.3) is 0 Å². The third-order valence-electron chi connectivity index (χ3n) is 5.88. The van der Waals surface area contributed by atoms with Crippen molar-refractivity contribution in [3.8, 4) is 0 Å². The molecular formula is C21H22N4OS. The number of nitrogens with zero attached hydrogens (tertiary/aromatic N) is 2. The molecule has 0 spiro atoms. The number of rotatable bonds is 2. The number of pyridine rings is 1. The Kier molecular flexibility index (Phi) is 3.81. The second-order valence-corrected chi connectivity index (χ2v) is 9.00. The predicted molar refractivity (Wildman–Crippen MR) is 108 cm³/mol. The minimum absolute atomic E-state index is 0.0233. The number of aromatic nitrogens is 2. The van der Waals surface area contributed by atoms with Gasteiger partial charge in [0, 0.05) is 29.6 Å². The Bertz CT molecular complexity index is 1010. The average Bonchev–Trinajstić information content (AvgIpc) is 3.20. The Hall–Kier alpha value is -2.31. The number of para-hydroxylation sites is 1. The van der Waals surface area contributed by atoms with E-state index >= 15 is 0 Å². The maximum atomic E-state index is 12.3. The van der Waals surface area contributed by atoms with Gasteiger partial charge in [-0.15, -0.1) is 11.3 Å². The lowest BCUT2D eigenvalue weighted by Crippen LogP contribution is -2.34. The van der Waals surface area contributed by atoms with Crippen LogP contribution in [0.15, 0.2) is 36.4 Å². The summed E-state index contributed by atoms with van der Waals surface area (Å²) in [6, 6.07) is 12.5. The average molecular weight is 379 g/mol. The number of hydrogen-bond donors (Lipinski definition) is 2. The van der Waals surface area contributed by atoms with E-state index in [1.165, 1.54) is 9.71 Å². The Morgan fingerprint density at radius 2 is 1.96 bits per heavy atom. The van der Waals surface area contributed by atoms with E-state index in [9.17, 15) is 4.79 Å². The quantitative estimate of drug-likeness (QED) is 0.712. The van der Waals surface area contributed by atoms with Gasteiger partial charge in [-0.25, -0.2) is 9.97 Å². The third kappa shape index (κ3) is 2.66. The first-order valence-corrected chi connectivity index (χ1v) is 10.2. The van der Waals surface area contributed by atoms with Gasteiger partial charge in [0.2, 0.25) is 5.91 Å². The number of benzene rings is 1. The molecule has 2 N–H and O–H groups in total. The molecule has 27 heavy (non-hydrogen) atoms. The maximum absolute atomic E-state index is 12.3. The van der Waals surface area contributed by atoms with E-state index < -0.39 is 5.41 Å². The summed E-state index contributed by atoms with van der Waals surface area (Å²) >= 11 is 1.78. The van der Waals surface area contributed by atoms with E-state index in [1.54, 1.807) is 11.3 Å². The molecule has 0 radical (unpaired) electrons. The van der Waals surface area contributed by atoms with Gasteiger partial charge in [0.05, 0.1) is 20.6 Å². The highest BCUT2D eigenvalue weighted by Gasteiger charge is 2.40. The van der Waals surface area contributed by atoms with Gasteiger partial charge < -0.3 is 10.6 Å². The number of anilines is 1. The number of carbonyl (C=O) groups excluding carboxylic acids is 1. The molecule has 0 saturated carbocycles. The first kappa shape index (κ1) is 16.8. The lowest BCUT2D eigenvalue weighted by atomic mass is 9.82. The van der Waals surface area contributed by atoms with Gasteiger partial charge in [-0.3, -0.25) is 4.79 Å². The highest BCUT2D eigenvalue weighted by Crippen LogP contribution is 2.42. The summed E-state index contributed by atoms with van der Waals surface area (Å²) in [5, 5.41) is 7.65. The topological polar surface area (TPSA) is 66.9 Å². The van der Waals surface area contributed by atoms with Gasteiger partial charge >= 0.3 is 0 Å². The van der Waals surface area contributed by atoms with E-state index in [-0.39, 0.29) is 5.91 Å². The zero-order valence-corrected chi connectivity index (χ0v) is 16.3. The third-order valence-corrected chi connectivity index (χ3v) is 7.05. The molecule has 5 nitrogen and oxygen atoms in total. The lowest BCUT2D eigenvalue weighted by molar-refractivity contribution is -0.119. The summed E-state index contributed by atoms with van der Waals surface area (Å²) in [7, 11) is 0. The second kappa shape index (κ2) is 6.11.